The lowest BCUT2D eigenvalue weighted by molar-refractivity contribution is -0.115. The number of H-pyrrole nitrogens is 1. The van der Waals surface area contributed by atoms with Crippen molar-refractivity contribution in [2.24, 2.45) is 0 Å². The van der Waals surface area contributed by atoms with Crippen LogP contribution in [-0.2, 0) is 11.4 Å². The zero-order valence-electron chi connectivity index (χ0n) is 16.2. The molecule has 5 nitrogen and oxygen atoms in total. The second kappa shape index (κ2) is 7.72. The monoisotopic (exact) mass is 393 g/mol. The van der Waals surface area contributed by atoms with Gasteiger partial charge in [0.05, 0.1) is 10.5 Å². The first-order valence-corrected chi connectivity index (χ1v) is 10.2. The first kappa shape index (κ1) is 18.6. The van der Waals surface area contributed by atoms with E-state index in [-0.39, 0.29) is 16.4 Å². The van der Waals surface area contributed by atoms with Crippen LogP contribution in [0.1, 0.15) is 40.1 Å². The van der Waals surface area contributed by atoms with Crippen molar-refractivity contribution in [1.82, 2.24) is 10.2 Å². The van der Waals surface area contributed by atoms with Gasteiger partial charge in [0.25, 0.3) is 0 Å². The number of carbonyl (C=O) groups is 1. The Kier molecular flexibility index (Phi) is 5.13. The van der Waals surface area contributed by atoms with Gasteiger partial charge in [-0.2, -0.15) is 5.10 Å². The number of hydrogen-bond acceptors (Lipinski definition) is 4. The van der Waals surface area contributed by atoms with E-state index in [9.17, 15) is 4.79 Å². The Morgan fingerprint density at radius 3 is 2.50 bits per heavy atom. The molecular weight excluding hydrogens is 370 g/mol. The summed E-state index contributed by atoms with van der Waals surface area (Å²) in [7, 11) is 0. The molecule has 0 aliphatic carbocycles. The van der Waals surface area contributed by atoms with Gasteiger partial charge in [0.2, 0.25) is 5.91 Å². The van der Waals surface area contributed by atoms with Crippen LogP contribution in [0.4, 0.5) is 5.82 Å². The molecule has 4 rings (SSSR count). The number of anilines is 1. The van der Waals surface area contributed by atoms with Crippen LogP contribution in [0.2, 0.25) is 0 Å². The average Bonchev–Trinajstić information content (AvgIpc) is 2.99. The number of thioether (sulfide) groups is 1. The van der Waals surface area contributed by atoms with Crippen LogP contribution in [-0.4, -0.2) is 21.4 Å². The third kappa shape index (κ3) is 3.78. The van der Waals surface area contributed by atoms with E-state index in [2.05, 4.69) is 58.8 Å². The fraction of sp³-hybridized carbons (Fsp3) is 0.273. The highest BCUT2D eigenvalue weighted by molar-refractivity contribution is 8.01. The molecule has 3 aromatic rings. The molecule has 0 bridgehead atoms. The number of ether oxygens (including phenoxy) is 1. The van der Waals surface area contributed by atoms with Crippen molar-refractivity contribution in [2.75, 3.05) is 5.32 Å². The number of fused-ring (bicyclic) bond motifs is 1. The molecule has 28 heavy (non-hydrogen) atoms. The van der Waals surface area contributed by atoms with Crippen LogP contribution in [0, 0.1) is 13.8 Å². The Morgan fingerprint density at radius 1 is 1.07 bits per heavy atom. The van der Waals surface area contributed by atoms with Crippen LogP contribution in [0.5, 0.6) is 5.75 Å². The number of nitrogens with one attached hydrogen (secondary N) is 2. The molecule has 2 N–H and O–H groups in total. The highest BCUT2D eigenvalue weighted by Crippen LogP contribution is 2.44. The van der Waals surface area contributed by atoms with Crippen LogP contribution >= 0.6 is 11.8 Å². The Hall–Kier alpha value is -2.73. The maximum absolute atomic E-state index is 12.3. The molecular formula is C22H23N3O2S. The molecule has 0 spiro atoms. The van der Waals surface area contributed by atoms with Crippen molar-refractivity contribution in [2.45, 2.75) is 37.9 Å². The van der Waals surface area contributed by atoms with Crippen LogP contribution in [0.25, 0.3) is 0 Å². The maximum Gasteiger partial charge on any atom is 0.238 e. The summed E-state index contributed by atoms with van der Waals surface area (Å²) in [6.07, 6.45) is 0. The number of hydrogen-bond donors (Lipinski definition) is 2. The first-order valence-electron chi connectivity index (χ1n) is 9.31. The second-order valence-electron chi connectivity index (χ2n) is 7.10. The Labute approximate surface area is 168 Å². The van der Waals surface area contributed by atoms with Crippen molar-refractivity contribution in [3.8, 4) is 5.75 Å². The van der Waals surface area contributed by atoms with Gasteiger partial charge < -0.3 is 10.1 Å². The van der Waals surface area contributed by atoms with Gasteiger partial charge in [-0.05, 0) is 44.0 Å². The molecule has 1 aliphatic heterocycles. The molecule has 1 aromatic heterocycles. The summed E-state index contributed by atoms with van der Waals surface area (Å²) in [4.78, 5) is 12.3. The highest BCUT2D eigenvalue weighted by atomic mass is 32.2. The highest BCUT2D eigenvalue weighted by Gasteiger charge is 2.32. The Morgan fingerprint density at radius 2 is 1.79 bits per heavy atom. The van der Waals surface area contributed by atoms with E-state index < -0.39 is 0 Å². The van der Waals surface area contributed by atoms with Gasteiger partial charge >= 0.3 is 0 Å². The summed E-state index contributed by atoms with van der Waals surface area (Å²) in [5, 5.41) is 10.1. The zero-order valence-corrected chi connectivity index (χ0v) is 17.0. The third-order valence-electron chi connectivity index (χ3n) is 4.92. The molecule has 0 saturated heterocycles. The fourth-order valence-electron chi connectivity index (χ4n) is 3.24. The van der Waals surface area contributed by atoms with Crippen molar-refractivity contribution in [3.05, 3.63) is 76.5 Å². The minimum absolute atomic E-state index is 0.0155. The molecule has 2 atom stereocenters. The summed E-state index contributed by atoms with van der Waals surface area (Å²) < 4.78 is 5.92. The van der Waals surface area contributed by atoms with Gasteiger partial charge in [0, 0.05) is 11.3 Å². The van der Waals surface area contributed by atoms with Gasteiger partial charge in [-0.3, -0.25) is 9.89 Å². The van der Waals surface area contributed by atoms with Gasteiger partial charge in [0.15, 0.2) is 5.82 Å². The molecule has 0 unspecified atom stereocenters. The molecule has 2 heterocycles. The van der Waals surface area contributed by atoms with Crippen molar-refractivity contribution in [3.63, 3.8) is 0 Å². The average molecular weight is 394 g/mol. The van der Waals surface area contributed by atoms with E-state index in [0.717, 1.165) is 28.1 Å². The van der Waals surface area contributed by atoms with Crippen LogP contribution in [0.3, 0.4) is 0 Å². The van der Waals surface area contributed by atoms with E-state index in [1.54, 1.807) is 11.8 Å². The summed E-state index contributed by atoms with van der Waals surface area (Å²) in [5.41, 5.74) is 5.52. The third-order valence-corrected chi connectivity index (χ3v) is 6.32. The summed E-state index contributed by atoms with van der Waals surface area (Å²) in [6.45, 7) is 6.53. The number of aryl methyl sites for hydroxylation is 2. The van der Waals surface area contributed by atoms with Gasteiger partial charge in [-0.15, -0.1) is 11.8 Å². The van der Waals surface area contributed by atoms with Gasteiger partial charge in [0.1, 0.15) is 12.4 Å². The van der Waals surface area contributed by atoms with Crippen molar-refractivity contribution in [1.29, 1.82) is 0 Å². The number of amides is 1. The zero-order chi connectivity index (χ0) is 19.7. The summed E-state index contributed by atoms with van der Waals surface area (Å²) >= 11 is 1.63. The Balaban J connectivity index is 1.53. The van der Waals surface area contributed by atoms with E-state index in [4.69, 9.17) is 4.74 Å². The number of nitrogens with zero attached hydrogens (tertiary/aromatic N) is 1. The lowest BCUT2D eigenvalue weighted by Crippen LogP contribution is -2.21. The first-order chi connectivity index (χ1) is 13.5. The standard InChI is InChI=1S/C22H23N3O2S/c1-13-4-6-16(7-5-13)12-27-18-10-8-17(9-11-18)20-19-14(2)24-25-21(19)23-22(26)15(3)28-20/h4-11,15,20H,12H2,1-3H3,(H2,23,24,25,26)/t15-,20-/m0/s1. The molecule has 0 radical (unpaired) electrons. The number of aromatic nitrogens is 2. The van der Waals surface area contributed by atoms with E-state index in [1.165, 1.54) is 5.56 Å². The largest absolute Gasteiger partial charge is 0.489 e. The van der Waals surface area contributed by atoms with Crippen molar-refractivity contribution < 1.29 is 9.53 Å². The Bertz CT molecular complexity index is 980. The minimum atomic E-state index is -0.156. The smallest absolute Gasteiger partial charge is 0.238 e. The number of carbonyl (C=O) groups excluding carboxylic acids is 1. The lowest BCUT2D eigenvalue weighted by Gasteiger charge is -2.18. The topological polar surface area (TPSA) is 67.0 Å². The molecule has 1 amide bonds. The van der Waals surface area contributed by atoms with E-state index >= 15 is 0 Å². The predicted molar refractivity (Wildman–Crippen MR) is 113 cm³/mol. The van der Waals surface area contributed by atoms with Gasteiger partial charge in [-0.1, -0.05) is 42.0 Å². The van der Waals surface area contributed by atoms with Crippen LogP contribution < -0.4 is 10.1 Å². The molecule has 144 valence electrons. The SMILES string of the molecule is Cc1ccc(COc2ccc([C@@H]3S[C@@H](C)C(=O)Nc4n[nH]c(C)c43)cc2)cc1. The van der Waals surface area contributed by atoms with Crippen molar-refractivity contribution >= 4 is 23.5 Å². The molecule has 1 aliphatic rings. The lowest BCUT2D eigenvalue weighted by atomic mass is 10.0. The summed E-state index contributed by atoms with van der Waals surface area (Å²) in [5.74, 6) is 1.44. The predicted octanol–water partition coefficient (Wildman–Crippen LogP) is 4.77. The van der Waals surface area contributed by atoms with E-state index in [0.29, 0.717) is 12.4 Å². The maximum atomic E-state index is 12.3. The number of benzene rings is 2. The molecule has 6 heteroatoms. The second-order valence-corrected chi connectivity index (χ2v) is 8.55. The molecule has 0 fully saturated rings. The number of aromatic amines is 1. The number of rotatable bonds is 4. The fourth-order valence-corrected chi connectivity index (χ4v) is 4.57. The van der Waals surface area contributed by atoms with E-state index in [1.807, 2.05) is 26.0 Å². The minimum Gasteiger partial charge on any atom is -0.489 e. The summed E-state index contributed by atoms with van der Waals surface area (Å²) in [6, 6.07) is 16.5. The molecule has 0 saturated carbocycles. The van der Waals surface area contributed by atoms with Crippen LogP contribution in [0.15, 0.2) is 48.5 Å². The molecule has 2 aromatic carbocycles. The quantitative estimate of drug-likeness (QED) is 0.670. The van der Waals surface area contributed by atoms with Gasteiger partial charge in [-0.25, -0.2) is 0 Å². The normalized spacial score (nSPS) is 18.9.